The van der Waals surface area contributed by atoms with Crippen LogP contribution in [0.1, 0.15) is 67.7 Å². The molecule has 1 heterocycles. The van der Waals surface area contributed by atoms with Gasteiger partial charge in [0.2, 0.25) is 0 Å². The van der Waals surface area contributed by atoms with Crippen molar-refractivity contribution in [2.24, 2.45) is 11.8 Å². The van der Waals surface area contributed by atoms with Crippen LogP contribution in [0.4, 0.5) is 4.79 Å². The van der Waals surface area contributed by atoms with E-state index in [1.54, 1.807) is 0 Å². The van der Waals surface area contributed by atoms with Crippen molar-refractivity contribution < 1.29 is 9.53 Å². The van der Waals surface area contributed by atoms with Crippen LogP contribution >= 0.6 is 0 Å². The van der Waals surface area contributed by atoms with E-state index in [4.69, 9.17) is 4.74 Å². The molecule has 130 valence electrons. The number of ether oxygens (including phenoxy) is 1. The lowest BCUT2D eigenvalue weighted by Gasteiger charge is -2.27. The van der Waals surface area contributed by atoms with E-state index in [2.05, 4.69) is 33.0 Å². The summed E-state index contributed by atoms with van der Waals surface area (Å²) in [5, 5.41) is 3.78. The maximum absolute atomic E-state index is 12.1. The molecule has 0 aromatic carbocycles. The molecular formula is C18H36N2O2. The minimum atomic E-state index is -0.416. The van der Waals surface area contributed by atoms with Crippen LogP contribution in [0, 0.1) is 11.8 Å². The average molecular weight is 312 g/mol. The molecule has 1 amide bonds. The maximum Gasteiger partial charge on any atom is 0.410 e. The molecular weight excluding hydrogens is 276 g/mol. The van der Waals surface area contributed by atoms with E-state index in [9.17, 15) is 4.79 Å². The zero-order valence-corrected chi connectivity index (χ0v) is 15.6. The summed E-state index contributed by atoms with van der Waals surface area (Å²) >= 11 is 0. The van der Waals surface area contributed by atoms with Gasteiger partial charge in [-0.15, -0.1) is 0 Å². The van der Waals surface area contributed by atoms with Gasteiger partial charge < -0.3 is 15.0 Å². The third-order valence-corrected chi connectivity index (χ3v) is 3.82. The molecule has 0 saturated carbocycles. The highest BCUT2D eigenvalue weighted by atomic mass is 16.6. The van der Waals surface area contributed by atoms with Gasteiger partial charge in [0.25, 0.3) is 0 Å². The van der Waals surface area contributed by atoms with Crippen molar-refractivity contribution in [1.29, 1.82) is 0 Å². The summed E-state index contributed by atoms with van der Waals surface area (Å²) in [4.78, 5) is 14.0. The van der Waals surface area contributed by atoms with Crippen LogP contribution < -0.4 is 5.32 Å². The van der Waals surface area contributed by atoms with Crippen LogP contribution in [0.15, 0.2) is 0 Å². The predicted octanol–water partition coefficient (Wildman–Crippen LogP) is 4.05. The quantitative estimate of drug-likeness (QED) is 0.804. The summed E-state index contributed by atoms with van der Waals surface area (Å²) in [7, 11) is 0. The van der Waals surface area contributed by atoms with Gasteiger partial charge in [-0.1, -0.05) is 27.7 Å². The molecule has 4 heteroatoms. The Morgan fingerprint density at radius 1 is 1.18 bits per heavy atom. The minimum absolute atomic E-state index is 0.180. The van der Waals surface area contributed by atoms with Crippen LogP contribution in [0.3, 0.4) is 0 Å². The van der Waals surface area contributed by atoms with Crippen molar-refractivity contribution in [3.05, 3.63) is 0 Å². The second kappa shape index (κ2) is 8.19. The largest absolute Gasteiger partial charge is 0.444 e. The first-order valence-electron chi connectivity index (χ1n) is 8.80. The number of likely N-dealkylation sites (tertiary alicyclic amines) is 1. The first-order chi connectivity index (χ1) is 10.1. The summed E-state index contributed by atoms with van der Waals surface area (Å²) in [5.74, 6) is 1.39. The molecule has 1 aliphatic rings. The third-order valence-electron chi connectivity index (χ3n) is 3.82. The van der Waals surface area contributed by atoms with E-state index < -0.39 is 5.60 Å². The summed E-state index contributed by atoms with van der Waals surface area (Å²) in [6.45, 7) is 16.4. The number of rotatable bonds is 6. The fourth-order valence-corrected chi connectivity index (χ4v) is 3.09. The summed E-state index contributed by atoms with van der Waals surface area (Å²) in [5.41, 5.74) is -0.416. The Morgan fingerprint density at radius 2 is 1.73 bits per heavy atom. The SMILES string of the molecule is CC(C)CC(CC(C)C)NC1CCN(C(=O)OC(C)(C)C)C1. The van der Waals surface area contributed by atoms with Crippen LogP contribution in [0.2, 0.25) is 0 Å². The van der Waals surface area contributed by atoms with Gasteiger partial charge in [0.15, 0.2) is 0 Å². The number of amides is 1. The molecule has 4 nitrogen and oxygen atoms in total. The Morgan fingerprint density at radius 3 is 2.18 bits per heavy atom. The maximum atomic E-state index is 12.1. The normalized spacial score (nSPS) is 19.5. The van der Waals surface area contributed by atoms with Crippen molar-refractivity contribution >= 4 is 6.09 Å². The lowest BCUT2D eigenvalue weighted by molar-refractivity contribution is 0.0290. The zero-order valence-electron chi connectivity index (χ0n) is 15.6. The standard InChI is InChI=1S/C18H36N2O2/c1-13(2)10-16(11-14(3)4)19-15-8-9-20(12-15)17(21)22-18(5,6)7/h13-16,19H,8-12H2,1-7H3. The summed E-state index contributed by atoms with van der Waals surface area (Å²) < 4.78 is 5.46. The Labute approximate surface area is 137 Å². The number of nitrogens with zero attached hydrogens (tertiary/aromatic N) is 1. The van der Waals surface area contributed by atoms with Gasteiger partial charge in [-0.05, 0) is 51.9 Å². The molecule has 1 rings (SSSR count). The Balaban J connectivity index is 2.48. The number of nitrogens with one attached hydrogen (secondary N) is 1. The van der Waals surface area contributed by atoms with Crippen molar-refractivity contribution in [2.45, 2.75) is 85.4 Å². The van der Waals surface area contributed by atoms with Crippen molar-refractivity contribution in [3.63, 3.8) is 0 Å². The molecule has 1 atom stereocenters. The molecule has 1 saturated heterocycles. The monoisotopic (exact) mass is 312 g/mol. The van der Waals surface area contributed by atoms with E-state index >= 15 is 0 Å². The van der Waals surface area contributed by atoms with Gasteiger partial charge in [0.1, 0.15) is 5.60 Å². The van der Waals surface area contributed by atoms with Gasteiger partial charge >= 0.3 is 6.09 Å². The smallest absolute Gasteiger partial charge is 0.410 e. The van der Waals surface area contributed by atoms with Gasteiger partial charge in [-0.3, -0.25) is 0 Å². The second-order valence-corrected chi connectivity index (χ2v) is 8.53. The van der Waals surface area contributed by atoms with E-state index in [0.717, 1.165) is 19.5 Å². The van der Waals surface area contributed by atoms with Gasteiger partial charge in [-0.25, -0.2) is 4.79 Å². The lowest BCUT2D eigenvalue weighted by atomic mass is 9.95. The molecule has 1 aliphatic heterocycles. The van der Waals surface area contributed by atoms with Crippen molar-refractivity contribution in [1.82, 2.24) is 10.2 Å². The number of hydrogen-bond acceptors (Lipinski definition) is 3. The van der Waals surface area contributed by atoms with Gasteiger partial charge in [0, 0.05) is 25.2 Å². The highest BCUT2D eigenvalue weighted by Gasteiger charge is 2.30. The topological polar surface area (TPSA) is 41.6 Å². The molecule has 0 bridgehead atoms. The summed E-state index contributed by atoms with van der Waals surface area (Å²) in [6, 6.07) is 0.943. The summed E-state index contributed by atoms with van der Waals surface area (Å²) in [6.07, 6.45) is 3.23. The zero-order chi connectivity index (χ0) is 16.9. The van der Waals surface area contributed by atoms with Crippen LogP contribution in [-0.4, -0.2) is 41.8 Å². The average Bonchev–Trinajstić information content (AvgIpc) is 2.73. The van der Waals surface area contributed by atoms with E-state index in [1.165, 1.54) is 12.8 Å². The van der Waals surface area contributed by atoms with Crippen LogP contribution in [0.25, 0.3) is 0 Å². The molecule has 0 aromatic heterocycles. The number of carbonyl (C=O) groups excluding carboxylic acids is 1. The molecule has 22 heavy (non-hydrogen) atoms. The minimum Gasteiger partial charge on any atom is -0.444 e. The Bertz CT molecular complexity index is 337. The number of hydrogen-bond donors (Lipinski definition) is 1. The highest BCUT2D eigenvalue weighted by molar-refractivity contribution is 5.68. The van der Waals surface area contributed by atoms with Crippen LogP contribution in [0.5, 0.6) is 0 Å². The Kier molecular flexibility index (Phi) is 7.17. The van der Waals surface area contributed by atoms with Gasteiger partial charge in [-0.2, -0.15) is 0 Å². The molecule has 0 spiro atoms. The highest BCUT2D eigenvalue weighted by Crippen LogP contribution is 2.19. The molecule has 1 N–H and O–H groups in total. The van der Waals surface area contributed by atoms with E-state index in [-0.39, 0.29) is 6.09 Å². The van der Waals surface area contributed by atoms with Crippen molar-refractivity contribution in [3.8, 4) is 0 Å². The lowest BCUT2D eigenvalue weighted by Crippen LogP contribution is -2.43. The van der Waals surface area contributed by atoms with Gasteiger partial charge in [0.05, 0.1) is 0 Å². The first kappa shape index (κ1) is 19.3. The van der Waals surface area contributed by atoms with E-state index in [0.29, 0.717) is 23.9 Å². The molecule has 0 aromatic rings. The van der Waals surface area contributed by atoms with Crippen molar-refractivity contribution in [2.75, 3.05) is 13.1 Å². The van der Waals surface area contributed by atoms with Crippen LogP contribution in [-0.2, 0) is 4.74 Å². The first-order valence-corrected chi connectivity index (χ1v) is 8.80. The number of carbonyl (C=O) groups is 1. The third kappa shape index (κ3) is 7.48. The molecule has 0 aliphatic carbocycles. The second-order valence-electron chi connectivity index (χ2n) is 8.53. The fraction of sp³-hybridized carbons (Fsp3) is 0.944. The van der Waals surface area contributed by atoms with E-state index in [1.807, 2.05) is 25.7 Å². The molecule has 1 fully saturated rings. The predicted molar refractivity (Wildman–Crippen MR) is 92.0 cm³/mol. The molecule has 0 radical (unpaired) electrons. The fourth-order valence-electron chi connectivity index (χ4n) is 3.09. The Hall–Kier alpha value is -0.770. The molecule has 1 unspecified atom stereocenters.